The average molecular weight is 744 g/mol. The van der Waals surface area contributed by atoms with E-state index in [4.69, 9.17) is 19.4 Å². The molecule has 2 heterocycles. The van der Waals surface area contributed by atoms with Gasteiger partial charge in [-0.25, -0.2) is 15.0 Å². The third-order valence-corrected chi connectivity index (χ3v) is 11.7. The van der Waals surface area contributed by atoms with E-state index < -0.39 is 0 Å². The summed E-state index contributed by atoms with van der Waals surface area (Å²) >= 11 is 0. The van der Waals surface area contributed by atoms with E-state index in [0.29, 0.717) is 17.5 Å². The summed E-state index contributed by atoms with van der Waals surface area (Å²) in [7, 11) is 0. The molecule has 1 aliphatic carbocycles. The highest BCUT2D eigenvalue weighted by atomic mass is 16.3. The zero-order valence-corrected chi connectivity index (χ0v) is 32.1. The molecule has 0 fully saturated rings. The quantitative estimate of drug-likeness (QED) is 0.170. The smallest absolute Gasteiger partial charge is 0.164 e. The van der Waals surface area contributed by atoms with Crippen LogP contribution >= 0.6 is 0 Å². The van der Waals surface area contributed by atoms with Gasteiger partial charge in [0, 0.05) is 32.9 Å². The van der Waals surface area contributed by atoms with E-state index >= 15 is 0 Å². The topological polar surface area (TPSA) is 51.8 Å². The van der Waals surface area contributed by atoms with E-state index in [1.165, 1.54) is 38.9 Å². The summed E-state index contributed by atoms with van der Waals surface area (Å²) in [5.41, 5.74) is 16.4. The van der Waals surface area contributed by atoms with Crippen molar-refractivity contribution in [2.75, 3.05) is 0 Å². The summed E-state index contributed by atoms with van der Waals surface area (Å²) in [5.74, 6) is 1.86. The minimum Gasteiger partial charge on any atom is -0.456 e. The molecule has 0 amide bonds. The van der Waals surface area contributed by atoms with Crippen LogP contribution in [-0.2, 0) is 5.41 Å². The molecule has 1 aliphatic rings. The monoisotopic (exact) mass is 743 g/mol. The Morgan fingerprint density at radius 3 is 1.59 bits per heavy atom. The molecule has 4 nitrogen and oxygen atoms in total. The summed E-state index contributed by atoms with van der Waals surface area (Å²) in [6, 6.07) is 66.2. The van der Waals surface area contributed by atoms with E-state index in [0.717, 1.165) is 55.3 Å². The van der Waals surface area contributed by atoms with Gasteiger partial charge >= 0.3 is 0 Å². The van der Waals surface area contributed by atoms with Crippen LogP contribution in [0.5, 0.6) is 0 Å². The van der Waals surface area contributed by atoms with Gasteiger partial charge in [-0.1, -0.05) is 166 Å². The van der Waals surface area contributed by atoms with Crippen molar-refractivity contribution >= 4 is 21.9 Å². The van der Waals surface area contributed by atoms with E-state index in [2.05, 4.69) is 172 Å². The van der Waals surface area contributed by atoms with Crippen molar-refractivity contribution in [3.63, 3.8) is 0 Å². The number of fused-ring (bicyclic) bond motifs is 6. The number of benzene rings is 8. The molecule has 0 bridgehead atoms. The molecule has 0 radical (unpaired) electrons. The Labute approximate surface area is 337 Å². The number of nitrogens with zero attached hydrogens (tertiary/aromatic N) is 3. The number of hydrogen-bond donors (Lipinski definition) is 0. The predicted molar refractivity (Wildman–Crippen MR) is 237 cm³/mol. The lowest BCUT2D eigenvalue weighted by Gasteiger charge is -2.21. The molecule has 8 aromatic carbocycles. The van der Waals surface area contributed by atoms with Gasteiger partial charge in [-0.15, -0.1) is 0 Å². The predicted octanol–water partition coefficient (Wildman–Crippen LogP) is 14.1. The standard InChI is InChI=1S/C54H37N3O/c1-54(2)46-24-10-9-22-42(46)44-33-41(26-28-47(44)54)52-55-51(35-16-7-4-8-17-35)56-53(57-52)43-23-13-25-49-50(43)45-32-40(27-29-48(45)58-49)39-21-12-20-38(31-39)37-19-11-18-36(30-37)34-14-5-3-6-15-34/h3-33H,1-2H3. The molecule has 4 heteroatoms. The number of furan rings is 1. The Bertz CT molecular complexity index is 3200. The number of rotatable bonds is 6. The molecule has 0 aliphatic heterocycles. The Morgan fingerprint density at radius 1 is 0.345 bits per heavy atom. The van der Waals surface area contributed by atoms with Crippen LogP contribution in [0.3, 0.4) is 0 Å². The van der Waals surface area contributed by atoms with Crippen LogP contribution in [0.4, 0.5) is 0 Å². The molecule has 0 unspecified atom stereocenters. The van der Waals surface area contributed by atoms with Crippen molar-refractivity contribution in [2.24, 2.45) is 0 Å². The third kappa shape index (κ3) is 5.64. The second kappa shape index (κ2) is 13.4. The molecule has 0 saturated carbocycles. The molecule has 0 saturated heterocycles. The van der Waals surface area contributed by atoms with Gasteiger partial charge in [-0.05, 0) is 92.0 Å². The van der Waals surface area contributed by atoms with Gasteiger partial charge in [-0.2, -0.15) is 0 Å². The third-order valence-electron chi connectivity index (χ3n) is 11.7. The highest BCUT2D eigenvalue weighted by molar-refractivity contribution is 6.12. The van der Waals surface area contributed by atoms with E-state index in [9.17, 15) is 0 Å². The Kier molecular flexibility index (Phi) is 7.80. The second-order valence-electron chi connectivity index (χ2n) is 15.6. The zero-order valence-electron chi connectivity index (χ0n) is 32.1. The summed E-state index contributed by atoms with van der Waals surface area (Å²) in [6.45, 7) is 4.60. The van der Waals surface area contributed by atoms with E-state index in [1.807, 2.05) is 30.3 Å². The van der Waals surface area contributed by atoms with Crippen molar-refractivity contribution < 1.29 is 4.42 Å². The van der Waals surface area contributed by atoms with Crippen molar-refractivity contribution in [3.8, 4) is 78.7 Å². The first-order chi connectivity index (χ1) is 28.5. The summed E-state index contributed by atoms with van der Waals surface area (Å²) in [6.07, 6.45) is 0. The molecule has 10 aromatic rings. The normalized spacial score (nSPS) is 12.8. The first-order valence-electron chi connectivity index (χ1n) is 19.8. The maximum absolute atomic E-state index is 6.52. The fourth-order valence-corrected chi connectivity index (χ4v) is 8.78. The molecule has 0 atom stereocenters. The highest BCUT2D eigenvalue weighted by Gasteiger charge is 2.35. The van der Waals surface area contributed by atoms with Crippen LogP contribution in [0.1, 0.15) is 25.0 Å². The summed E-state index contributed by atoms with van der Waals surface area (Å²) in [5, 5.41) is 1.99. The number of aromatic nitrogens is 3. The molecule has 0 N–H and O–H groups in total. The minimum atomic E-state index is -0.0878. The molecule has 58 heavy (non-hydrogen) atoms. The van der Waals surface area contributed by atoms with Crippen molar-refractivity contribution in [1.29, 1.82) is 0 Å². The van der Waals surface area contributed by atoms with E-state index in [1.54, 1.807) is 0 Å². The fourth-order valence-electron chi connectivity index (χ4n) is 8.78. The lowest BCUT2D eigenvalue weighted by Crippen LogP contribution is -2.14. The van der Waals surface area contributed by atoms with Crippen LogP contribution in [-0.4, -0.2) is 15.0 Å². The minimum absolute atomic E-state index is 0.0878. The fraction of sp³-hybridized carbons (Fsp3) is 0.0556. The van der Waals surface area contributed by atoms with Gasteiger partial charge in [0.05, 0.1) is 0 Å². The first kappa shape index (κ1) is 33.9. The SMILES string of the molecule is CC1(C)c2ccccc2-c2cc(-c3nc(-c4ccccc4)nc(-c4cccc5oc6ccc(-c7cccc(-c8cccc(-c9ccccc9)c8)c7)cc6c45)n3)ccc21. The van der Waals surface area contributed by atoms with Gasteiger partial charge in [0.2, 0.25) is 0 Å². The van der Waals surface area contributed by atoms with Crippen molar-refractivity contribution in [3.05, 3.63) is 199 Å². The molecule has 274 valence electrons. The first-order valence-corrected chi connectivity index (χ1v) is 19.8. The van der Waals surface area contributed by atoms with Crippen LogP contribution in [0.2, 0.25) is 0 Å². The maximum atomic E-state index is 6.52. The van der Waals surface area contributed by atoms with Crippen LogP contribution in [0, 0.1) is 0 Å². The lowest BCUT2D eigenvalue weighted by atomic mass is 9.82. The molecular weight excluding hydrogens is 707 g/mol. The Balaban J connectivity index is 1.04. The van der Waals surface area contributed by atoms with E-state index in [-0.39, 0.29) is 5.41 Å². The van der Waals surface area contributed by atoms with Gasteiger partial charge in [-0.3, -0.25) is 0 Å². The van der Waals surface area contributed by atoms with Crippen molar-refractivity contribution in [1.82, 2.24) is 15.0 Å². The van der Waals surface area contributed by atoms with Gasteiger partial charge in [0.1, 0.15) is 11.2 Å². The van der Waals surface area contributed by atoms with Gasteiger partial charge in [0.15, 0.2) is 17.5 Å². The lowest BCUT2D eigenvalue weighted by molar-refractivity contribution is 0.660. The van der Waals surface area contributed by atoms with Crippen LogP contribution < -0.4 is 0 Å². The van der Waals surface area contributed by atoms with Gasteiger partial charge in [0.25, 0.3) is 0 Å². The number of hydrogen-bond acceptors (Lipinski definition) is 4. The zero-order chi connectivity index (χ0) is 38.8. The van der Waals surface area contributed by atoms with Crippen LogP contribution in [0.25, 0.3) is 101 Å². The summed E-state index contributed by atoms with van der Waals surface area (Å²) in [4.78, 5) is 15.5. The summed E-state index contributed by atoms with van der Waals surface area (Å²) < 4.78 is 6.52. The molecule has 11 rings (SSSR count). The molecular formula is C54H37N3O. The molecule has 2 aromatic heterocycles. The second-order valence-corrected chi connectivity index (χ2v) is 15.6. The average Bonchev–Trinajstić information content (AvgIpc) is 3.78. The van der Waals surface area contributed by atoms with Crippen LogP contribution in [0.15, 0.2) is 192 Å². The largest absolute Gasteiger partial charge is 0.456 e. The maximum Gasteiger partial charge on any atom is 0.164 e. The Morgan fingerprint density at radius 2 is 0.862 bits per heavy atom. The molecule has 0 spiro atoms. The highest BCUT2D eigenvalue weighted by Crippen LogP contribution is 2.49. The Hall–Kier alpha value is -7.43. The van der Waals surface area contributed by atoms with Gasteiger partial charge < -0.3 is 4.42 Å². The van der Waals surface area contributed by atoms with Crippen molar-refractivity contribution in [2.45, 2.75) is 19.3 Å².